The Labute approximate surface area is 116 Å². The van der Waals surface area contributed by atoms with Crippen molar-refractivity contribution in [3.05, 3.63) is 34.1 Å². The minimum atomic E-state index is -0.195. The lowest BCUT2D eigenvalue weighted by molar-refractivity contribution is 0.197. The third-order valence-electron chi connectivity index (χ3n) is 2.60. The molecule has 18 heavy (non-hydrogen) atoms. The predicted molar refractivity (Wildman–Crippen MR) is 75.2 cm³/mol. The van der Waals surface area contributed by atoms with Gasteiger partial charge in [-0.25, -0.2) is 4.39 Å². The summed E-state index contributed by atoms with van der Waals surface area (Å²) in [7, 11) is 3.71. The van der Waals surface area contributed by atoms with Gasteiger partial charge in [-0.3, -0.25) is 0 Å². The van der Waals surface area contributed by atoms with Gasteiger partial charge in [0.25, 0.3) is 0 Å². The first-order valence-electron chi connectivity index (χ1n) is 5.95. The lowest BCUT2D eigenvalue weighted by Gasteiger charge is -2.18. The number of likely N-dealkylation sites (N-methyl/N-ethyl adjacent to an activating group) is 1. The van der Waals surface area contributed by atoms with E-state index in [1.807, 2.05) is 7.05 Å². The van der Waals surface area contributed by atoms with Crippen molar-refractivity contribution < 1.29 is 9.13 Å². The number of nitrogens with zero attached hydrogens (tertiary/aromatic N) is 1. The van der Waals surface area contributed by atoms with Crippen LogP contribution in [0, 0.1) is 5.82 Å². The molecule has 0 unspecified atom stereocenters. The molecule has 0 saturated heterocycles. The summed E-state index contributed by atoms with van der Waals surface area (Å²) >= 11 is 3.44. The Balaban J connectivity index is 2.30. The highest BCUT2D eigenvalue weighted by Crippen LogP contribution is 2.18. The Bertz CT molecular complexity index is 363. The van der Waals surface area contributed by atoms with Crippen molar-refractivity contribution in [2.45, 2.75) is 6.54 Å². The zero-order valence-electron chi connectivity index (χ0n) is 10.9. The Morgan fingerprint density at radius 3 is 2.89 bits per heavy atom. The van der Waals surface area contributed by atoms with E-state index in [4.69, 9.17) is 4.74 Å². The van der Waals surface area contributed by atoms with Gasteiger partial charge in [0, 0.05) is 37.8 Å². The average molecular weight is 319 g/mol. The standard InChI is InChI=1S/C13H20BrFN2O/c1-17(7-5-16-6-8-18-2)10-11-9-12(15)3-4-13(11)14/h3-4,9,16H,5-8,10H2,1-2H3. The second-order valence-electron chi connectivity index (χ2n) is 4.22. The van der Waals surface area contributed by atoms with Crippen LogP contribution in [0.2, 0.25) is 0 Å². The third-order valence-corrected chi connectivity index (χ3v) is 3.37. The van der Waals surface area contributed by atoms with Crippen LogP contribution >= 0.6 is 15.9 Å². The first-order chi connectivity index (χ1) is 8.63. The zero-order chi connectivity index (χ0) is 13.4. The maximum Gasteiger partial charge on any atom is 0.123 e. The fourth-order valence-electron chi connectivity index (χ4n) is 1.60. The summed E-state index contributed by atoms with van der Waals surface area (Å²) < 4.78 is 19.0. The van der Waals surface area contributed by atoms with E-state index in [-0.39, 0.29) is 5.82 Å². The van der Waals surface area contributed by atoms with Crippen LogP contribution in [0.1, 0.15) is 5.56 Å². The molecular formula is C13H20BrFN2O. The van der Waals surface area contributed by atoms with E-state index in [1.165, 1.54) is 6.07 Å². The van der Waals surface area contributed by atoms with Crippen molar-refractivity contribution >= 4 is 15.9 Å². The number of ether oxygens (including phenoxy) is 1. The molecule has 0 heterocycles. The molecule has 0 atom stereocenters. The highest BCUT2D eigenvalue weighted by Gasteiger charge is 2.05. The van der Waals surface area contributed by atoms with Gasteiger partial charge in [-0.15, -0.1) is 0 Å². The second-order valence-corrected chi connectivity index (χ2v) is 5.07. The molecule has 1 rings (SSSR count). The van der Waals surface area contributed by atoms with E-state index in [0.717, 1.165) is 42.8 Å². The molecule has 5 heteroatoms. The maximum atomic E-state index is 13.1. The molecule has 0 radical (unpaired) electrons. The summed E-state index contributed by atoms with van der Waals surface area (Å²) in [5.74, 6) is -0.195. The summed E-state index contributed by atoms with van der Waals surface area (Å²) in [5.41, 5.74) is 0.967. The molecule has 1 aromatic carbocycles. The van der Waals surface area contributed by atoms with Crippen molar-refractivity contribution in [3.63, 3.8) is 0 Å². The molecular weight excluding hydrogens is 299 g/mol. The molecule has 1 aromatic rings. The number of rotatable bonds is 8. The highest BCUT2D eigenvalue weighted by molar-refractivity contribution is 9.10. The molecule has 0 aromatic heterocycles. The van der Waals surface area contributed by atoms with Crippen LogP contribution < -0.4 is 5.32 Å². The number of hydrogen-bond donors (Lipinski definition) is 1. The average Bonchev–Trinajstić information content (AvgIpc) is 2.33. The van der Waals surface area contributed by atoms with Crippen LogP contribution in [0.4, 0.5) is 4.39 Å². The maximum absolute atomic E-state index is 13.1. The van der Waals surface area contributed by atoms with Crippen LogP contribution in [0.5, 0.6) is 0 Å². The Morgan fingerprint density at radius 1 is 1.39 bits per heavy atom. The minimum Gasteiger partial charge on any atom is -0.383 e. The Hall–Kier alpha value is -0.490. The van der Waals surface area contributed by atoms with Crippen molar-refractivity contribution in [1.82, 2.24) is 10.2 Å². The fraction of sp³-hybridized carbons (Fsp3) is 0.538. The van der Waals surface area contributed by atoms with Gasteiger partial charge in [0.05, 0.1) is 6.61 Å². The number of hydrogen-bond acceptors (Lipinski definition) is 3. The highest BCUT2D eigenvalue weighted by atomic mass is 79.9. The van der Waals surface area contributed by atoms with Gasteiger partial charge in [-0.2, -0.15) is 0 Å². The molecule has 0 bridgehead atoms. The molecule has 1 N–H and O–H groups in total. The van der Waals surface area contributed by atoms with E-state index < -0.39 is 0 Å². The summed E-state index contributed by atoms with van der Waals surface area (Å²) in [6.45, 7) is 4.11. The Morgan fingerprint density at radius 2 is 2.17 bits per heavy atom. The SMILES string of the molecule is COCCNCCN(C)Cc1cc(F)ccc1Br. The van der Waals surface area contributed by atoms with E-state index >= 15 is 0 Å². The first kappa shape index (κ1) is 15.6. The summed E-state index contributed by atoms with van der Waals surface area (Å²) in [6, 6.07) is 4.77. The van der Waals surface area contributed by atoms with E-state index in [0.29, 0.717) is 0 Å². The number of methoxy groups -OCH3 is 1. The van der Waals surface area contributed by atoms with Gasteiger partial charge < -0.3 is 15.0 Å². The van der Waals surface area contributed by atoms with Crippen LogP contribution in [0.25, 0.3) is 0 Å². The van der Waals surface area contributed by atoms with Crippen LogP contribution in [-0.2, 0) is 11.3 Å². The van der Waals surface area contributed by atoms with Crippen molar-refractivity contribution in [2.24, 2.45) is 0 Å². The number of benzene rings is 1. The third kappa shape index (κ3) is 5.91. The lowest BCUT2D eigenvalue weighted by Crippen LogP contribution is -2.30. The van der Waals surface area contributed by atoms with Gasteiger partial charge in [0.15, 0.2) is 0 Å². The van der Waals surface area contributed by atoms with Gasteiger partial charge in [-0.1, -0.05) is 15.9 Å². The molecule has 0 spiro atoms. The first-order valence-corrected chi connectivity index (χ1v) is 6.75. The van der Waals surface area contributed by atoms with E-state index in [2.05, 4.69) is 26.1 Å². The fourth-order valence-corrected chi connectivity index (χ4v) is 1.98. The lowest BCUT2D eigenvalue weighted by atomic mass is 10.2. The van der Waals surface area contributed by atoms with Crippen LogP contribution in [0.15, 0.2) is 22.7 Å². The smallest absolute Gasteiger partial charge is 0.123 e. The van der Waals surface area contributed by atoms with Gasteiger partial charge >= 0.3 is 0 Å². The van der Waals surface area contributed by atoms with Crippen molar-refractivity contribution in [1.29, 1.82) is 0 Å². The predicted octanol–water partition coefficient (Wildman–Crippen LogP) is 2.26. The number of nitrogens with one attached hydrogen (secondary N) is 1. The summed E-state index contributed by atoms with van der Waals surface area (Å²) in [6.07, 6.45) is 0. The monoisotopic (exact) mass is 318 g/mol. The van der Waals surface area contributed by atoms with Crippen LogP contribution in [-0.4, -0.2) is 45.3 Å². The number of halogens is 2. The zero-order valence-corrected chi connectivity index (χ0v) is 12.5. The quantitative estimate of drug-likeness (QED) is 0.744. The van der Waals surface area contributed by atoms with Crippen LogP contribution in [0.3, 0.4) is 0 Å². The molecule has 0 aliphatic carbocycles. The summed E-state index contributed by atoms with van der Waals surface area (Å²) in [5, 5.41) is 3.28. The molecule has 0 aliphatic rings. The molecule has 0 amide bonds. The molecule has 3 nitrogen and oxygen atoms in total. The second kappa shape index (κ2) is 8.58. The van der Waals surface area contributed by atoms with Crippen molar-refractivity contribution in [2.75, 3.05) is 40.4 Å². The minimum absolute atomic E-state index is 0.195. The summed E-state index contributed by atoms with van der Waals surface area (Å²) in [4.78, 5) is 2.15. The van der Waals surface area contributed by atoms with E-state index in [1.54, 1.807) is 19.2 Å². The Kier molecular flexibility index (Phi) is 7.42. The van der Waals surface area contributed by atoms with Gasteiger partial charge in [-0.05, 0) is 30.8 Å². The van der Waals surface area contributed by atoms with Gasteiger partial charge in [0.2, 0.25) is 0 Å². The topological polar surface area (TPSA) is 24.5 Å². The van der Waals surface area contributed by atoms with Gasteiger partial charge in [0.1, 0.15) is 5.82 Å². The molecule has 0 aliphatic heterocycles. The van der Waals surface area contributed by atoms with E-state index in [9.17, 15) is 4.39 Å². The molecule has 102 valence electrons. The normalized spacial score (nSPS) is 11.2. The largest absolute Gasteiger partial charge is 0.383 e. The molecule has 0 saturated carbocycles. The molecule has 0 fully saturated rings. The van der Waals surface area contributed by atoms with Crippen molar-refractivity contribution in [3.8, 4) is 0 Å².